The summed E-state index contributed by atoms with van der Waals surface area (Å²) in [6.45, 7) is 3.57. The molecule has 5 nitrogen and oxygen atoms in total. The molecule has 0 aliphatic carbocycles. The van der Waals surface area contributed by atoms with Crippen molar-refractivity contribution < 1.29 is 18.3 Å². The van der Waals surface area contributed by atoms with Crippen molar-refractivity contribution in [2.24, 2.45) is 0 Å². The highest BCUT2D eigenvalue weighted by molar-refractivity contribution is 7.92. The summed E-state index contributed by atoms with van der Waals surface area (Å²) in [5.74, 6) is -1.09. The number of anilines is 1. The Labute approximate surface area is 106 Å². The molecule has 0 heterocycles. The van der Waals surface area contributed by atoms with E-state index >= 15 is 0 Å². The van der Waals surface area contributed by atoms with Crippen molar-refractivity contribution in [3.05, 3.63) is 42.0 Å². The maximum Gasteiger partial charge on any atom is 0.335 e. The molecule has 18 heavy (non-hydrogen) atoms. The van der Waals surface area contributed by atoms with Crippen LogP contribution >= 0.6 is 0 Å². The van der Waals surface area contributed by atoms with E-state index in [-0.39, 0.29) is 5.56 Å². The Morgan fingerprint density at radius 3 is 2.50 bits per heavy atom. The van der Waals surface area contributed by atoms with Crippen LogP contribution in [-0.4, -0.2) is 32.8 Å². The first kappa shape index (κ1) is 14.2. The Bertz CT molecular complexity index is 578. The molecule has 0 spiro atoms. The van der Waals surface area contributed by atoms with Crippen molar-refractivity contribution >= 4 is 21.7 Å². The highest BCUT2D eigenvalue weighted by atomic mass is 32.2. The van der Waals surface area contributed by atoms with Gasteiger partial charge in [-0.15, -0.1) is 6.58 Å². The van der Waals surface area contributed by atoms with Gasteiger partial charge < -0.3 is 5.11 Å². The highest BCUT2D eigenvalue weighted by Crippen LogP contribution is 2.21. The highest BCUT2D eigenvalue weighted by Gasteiger charge is 2.15. The van der Waals surface area contributed by atoms with Crippen LogP contribution in [0.2, 0.25) is 0 Å². The zero-order chi connectivity index (χ0) is 13.9. The van der Waals surface area contributed by atoms with E-state index in [0.717, 1.165) is 10.6 Å². The van der Waals surface area contributed by atoms with Crippen molar-refractivity contribution in [3.63, 3.8) is 0 Å². The molecule has 0 bridgehead atoms. The van der Waals surface area contributed by atoms with Gasteiger partial charge in [-0.3, -0.25) is 4.31 Å². The SMILES string of the molecule is C=CCc1cc(C(=O)O)cc(N(C)S(C)(=O)=O)c1. The largest absolute Gasteiger partial charge is 0.478 e. The lowest BCUT2D eigenvalue weighted by Crippen LogP contribution is -2.25. The van der Waals surface area contributed by atoms with Crippen LogP contribution in [0.5, 0.6) is 0 Å². The van der Waals surface area contributed by atoms with E-state index in [1.165, 1.54) is 19.2 Å². The van der Waals surface area contributed by atoms with Crippen molar-refractivity contribution in [1.29, 1.82) is 0 Å². The number of hydrogen-bond acceptors (Lipinski definition) is 3. The number of rotatable bonds is 5. The summed E-state index contributed by atoms with van der Waals surface area (Å²) in [6.07, 6.45) is 3.17. The van der Waals surface area contributed by atoms with Gasteiger partial charge in [0.25, 0.3) is 0 Å². The predicted octanol–water partition coefficient (Wildman–Crippen LogP) is 1.51. The minimum Gasteiger partial charge on any atom is -0.478 e. The Morgan fingerprint density at radius 2 is 2.06 bits per heavy atom. The van der Waals surface area contributed by atoms with Gasteiger partial charge >= 0.3 is 5.97 Å². The van der Waals surface area contributed by atoms with Crippen molar-refractivity contribution in [3.8, 4) is 0 Å². The number of nitrogens with zero attached hydrogens (tertiary/aromatic N) is 1. The fourth-order valence-electron chi connectivity index (χ4n) is 1.46. The topological polar surface area (TPSA) is 74.7 Å². The van der Waals surface area contributed by atoms with Crippen LogP contribution in [0.1, 0.15) is 15.9 Å². The molecule has 98 valence electrons. The molecule has 0 saturated carbocycles. The normalized spacial score (nSPS) is 11.0. The van der Waals surface area contributed by atoms with E-state index in [2.05, 4.69) is 6.58 Å². The van der Waals surface area contributed by atoms with Crippen LogP contribution in [-0.2, 0) is 16.4 Å². The third-order valence-corrected chi connectivity index (χ3v) is 3.67. The average Bonchev–Trinajstić information content (AvgIpc) is 2.26. The van der Waals surface area contributed by atoms with E-state index in [4.69, 9.17) is 5.11 Å². The predicted molar refractivity (Wildman–Crippen MR) is 70.5 cm³/mol. The van der Waals surface area contributed by atoms with Crippen LogP contribution in [0.25, 0.3) is 0 Å². The maximum absolute atomic E-state index is 11.4. The number of carbonyl (C=O) groups is 1. The molecule has 0 unspecified atom stereocenters. The molecule has 6 heteroatoms. The molecule has 0 radical (unpaired) electrons. The van der Waals surface area contributed by atoms with Gasteiger partial charge in [0, 0.05) is 7.05 Å². The molecule has 1 aromatic carbocycles. The number of benzene rings is 1. The number of carboxylic acid groups (broad SMARTS) is 1. The van der Waals surface area contributed by atoms with Crippen LogP contribution in [0, 0.1) is 0 Å². The second-order valence-electron chi connectivity index (χ2n) is 3.92. The number of allylic oxidation sites excluding steroid dienone is 1. The van der Waals surface area contributed by atoms with Gasteiger partial charge in [0.15, 0.2) is 0 Å². The van der Waals surface area contributed by atoms with Crippen LogP contribution < -0.4 is 4.31 Å². The first-order valence-electron chi connectivity index (χ1n) is 5.17. The Morgan fingerprint density at radius 1 is 1.44 bits per heavy atom. The van der Waals surface area contributed by atoms with E-state index in [9.17, 15) is 13.2 Å². The molecule has 0 aromatic heterocycles. The zero-order valence-electron chi connectivity index (χ0n) is 10.3. The third kappa shape index (κ3) is 3.33. The molecule has 1 rings (SSSR count). The maximum atomic E-state index is 11.4. The monoisotopic (exact) mass is 269 g/mol. The van der Waals surface area contributed by atoms with E-state index in [0.29, 0.717) is 17.7 Å². The van der Waals surface area contributed by atoms with E-state index in [1.54, 1.807) is 12.1 Å². The van der Waals surface area contributed by atoms with Crippen LogP contribution in [0.15, 0.2) is 30.9 Å². The number of sulfonamides is 1. The molecular formula is C12H15NO4S. The molecule has 0 saturated heterocycles. The lowest BCUT2D eigenvalue weighted by Gasteiger charge is -2.18. The van der Waals surface area contributed by atoms with Gasteiger partial charge in [0.05, 0.1) is 17.5 Å². The lowest BCUT2D eigenvalue weighted by atomic mass is 10.1. The quantitative estimate of drug-likeness (QED) is 0.822. The number of aromatic carboxylic acids is 1. The van der Waals surface area contributed by atoms with Gasteiger partial charge in [-0.2, -0.15) is 0 Å². The lowest BCUT2D eigenvalue weighted by molar-refractivity contribution is 0.0697. The van der Waals surface area contributed by atoms with E-state index in [1.807, 2.05) is 0 Å². The summed E-state index contributed by atoms with van der Waals surface area (Å²) in [6, 6.07) is 4.47. The molecule has 1 aromatic rings. The summed E-state index contributed by atoms with van der Waals surface area (Å²) < 4.78 is 23.9. The minimum absolute atomic E-state index is 0.0554. The molecule has 0 amide bonds. The van der Waals surface area contributed by atoms with Crippen molar-refractivity contribution in [2.75, 3.05) is 17.6 Å². The summed E-state index contributed by atoms with van der Waals surface area (Å²) in [4.78, 5) is 11.0. The van der Waals surface area contributed by atoms with Crippen molar-refractivity contribution in [1.82, 2.24) is 0 Å². The summed E-state index contributed by atoms with van der Waals surface area (Å²) in [5.41, 5.74) is 1.09. The second-order valence-corrected chi connectivity index (χ2v) is 5.93. The molecular weight excluding hydrogens is 254 g/mol. The summed E-state index contributed by atoms with van der Waals surface area (Å²) in [5, 5.41) is 8.99. The zero-order valence-corrected chi connectivity index (χ0v) is 11.1. The van der Waals surface area contributed by atoms with Crippen molar-refractivity contribution in [2.45, 2.75) is 6.42 Å². The van der Waals surface area contributed by atoms with E-state index < -0.39 is 16.0 Å². The number of hydrogen-bond donors (Lipinski definition) is 1. The van der Waals surface area contributed by atoms with Gasteiger partial charge in [-0.05, 0) is 30.2 Å². The average molecular weight is 269 g/mol. The summed E-state index contributed by atoms with van der Waals surface area (Å²) in [7, 11) is -2.03. The van der Waals surface area contributed by atoms with Crippen LogP contribution in [0.4, 0.5) is 5.69 Å². The van der Waals surface area contributed by atoms with Gasteiger partial charge in [0.1, 0.15) is 0 Å². The smallest absolute Gasteiger partial charge is 0.335 e. The molecule has 0 aliphatic rings. The minimum atomic E-state index is -3.42. The molecule has 0 aliphatic heterocycles. The summed E-state index contributed by atoms with van der Waals surface area (Å²) >= 11 is 0. The molecule has 1 N–H and O–H groups in total. The third-order valence-electron chi connectivity index (χ3n) is 2.47. The van der Waals surface area contributed by atoms with Gasteiger partial charge in [-0.1, -0.05) is 6.08 Å². The Balaban J connectivity index is 3.35. The van der Waals surface area contributed by atoms with Gasteiger partial charge in [-0.25, -0.2) is 13.2 Å². The first-order valence-corrected chi connectivity index (χ1v) is 7.02. The van der Waals surface area contributed by atoms with Crippen LogP contribution in [0.3, 0.4) is 0 Å². The Hall–Kier alpha value is -1.82. The molecule has 0 fully saturated rings. The fourth-order valence-corrected chi connectivity index (χ4v) is 1.94. The second kappa shape index (κ2) is 5.22. The Kier molecular flexibility index (Phi) is 4.13. The van der Waals surface area contributed by atoms with Gasteiger partial charge in [0.2, 0.25) is 10.0 Å². The molecule has 0 atom stereocenters. The first-order chi connectivity index (χ1) is 8.25. The standard InChI is InChI=1S/C12H15NO4S/c1-4-5-9-6-10(12(14)15)8-11(7-9)13(2)18(3,16)17/h4,6-8H,1,5H2,2-3H3,(H,14,15). The fraction of sp³-hybridized carbons (Fsp3) is 0.250. The number of carboxylic acids is 1.